The lowest BCUT2D eigenvalue weighted by atomic mass is 10.1. The highest BCUT2D eigenvalue weighted by molar-refractivity contribution is 7.85. The van der Waals surface area contributed by atoms with E-state index in [0.717, 1.165) is 29.1 Å². The minimum absolute atomic E-state index is 0.178. The number of hydrogen-bond donors (Lipinski definition) is 0. The summed E-state index contributed by atoms with van der Waals surface area (Å²) in [5, 5.41) is 0. The van der Waals surface area contributed by atoms with Gasteiger partial charge < -0.3 is 8.97 Å². The van der Waals surface area contributed by atoms with Crippen molar-refractivity contribution in [3.63, 3.8) is 0 Å². The van der Waals surface area contributed by atoms with Crippen LogP contribution in [0.1, 0.15) is 18.4 Å². The van der Waals surface area contributed by atoms with Crippen LogP contribution in [0.3, 0.4) is 0 Å². The maximum Gasteiger partial charge on any atom is 0.344 e. The molecule has 0 aliphatic carbocycles. The molecule has 5 nitrogen and oxygen atoms in total. The monoisotopic (exact) mass is 409 g/mol. The summed E-state index contributed by atoms with van der Waals surface area (Å²) in [6.45, 7) is 6.89. The van der Waals surface area contributed by atoms with Gasteiger partial charge in [-0.2, -0.15) is 4.57 Å². The molecular formula is C23H23NO4S. The molecule has 1 heterocycles. The molecule has 0 spiro atoms. The zero-order valence-electron chi connectivity index (χ0n) is 16.6. The second-order valence-electron chi connectivity index (χ2n) is 6.68. The molecular weight excluding hydrogens is 386 g/mol. The van der Waals surface area contributed by atoms with Gasteiger partial charge in [0.25, 0.3) is 5.52 Å². The molecule has 0 aliphatic rings. The number of oxazole rings is 1. The van der Waals surface area contributed by atoms with Crippen LogP contribution in [0, 0.1) is 13.8 Å². The fraction of sp³-hybridized carbons (Fsp3) is 0.174. The molecule has 0 unspecified atom stereocenters. The van der Waals surface area contributed by atoms with E-state index in [0.29, 0.717) is 0 Å². The summed E-state index contributed by atoms with van der Waals surface area (Å²) in [5.41, 5.74) is 5.51. The SMILES string of the molecule is CC[n+]1c(C)oc2ccc(-c3ccccc3)cc21.Cc1ccc(S(=O)(=O)[O-])cc1. The summed E-state index contributed by atoms with van der Waals surface area (Å²) < 4.78 is 39.1. The smallest absolute Gasteiger partial charge is 0.344 e. The van der Waals surface area contributed by atoms with Crippen LogP contribution in [-0.4, -0.2) is 13.0 Å². The zero-order chi connectivity index (χ0) is 21.0. The lowest BCUT2D eigenvalue weighted by molar-refractivity contribution is -0.679. The number of aromatic nitrogens is 1. The highest BCUT2D eigenvalue weighted by atomic mass is 32.2. The first-order chi connectivity index (χ1) is 13.8. The standard InChI is InChI=1S/C16H16NO.C7H8O3S/c1-3-17-12(2)18-16-10-9-14(11-15(16)17)13-7-5-4-6-8-13;1-6-2-4-7(5-3-6)11(8,9)10/h4-11H,3H2,1-2H3;2-5H,1H3,(H,8,9,10)/q+1;/p-1. The molecule has 6 heteroatoms. The summed E-state index contributed by atoms with van der Waals surface area (Å²) in [7, 11) is -4.27. The first-order valence-corrected chi connectivity index (χ1v) is 10.7. The number of hydrogen-bond acceptors (Lipinski definition) is 4. The van der Waals surface area contributed by atoms with Gasteiger partial charge in [0.05, 0.1) is 11.8 Å². The average molecular weight is 410 g/mol. The Labute approximate surface area is 171 Å². The van der Waals surface area contributed by atoms with Crippen LogP contribution in [0.4, 0.5) is 0 Å². The molecule has 4 rings (SSSR count). The Hall–Kier alpha value is -2.96. The van der Waals surface area contributed by atoms with Gasteiger partial charge in [0.1, 0.15) is 16.7 Å². The first kappa shape index (κ1) is 20.8. The number of nitrogens with zero attached hydrogens (tertiary/aromatic N) is 1. The van der Waals surface area contributed by atoms with E-state index in [1.54, 1.807) is 12.1 Å². The van der Waals surface area contributed by atoms with Crippen LogP contribution >= 0.6 is 0 Å². The maximum atomic E-state index is 10.4. The molecule has 0 bridgehead atoms. The van der Waals surface area contributed by atoms with E-state index in [1.165, 1.54) is 23.3 Å². The Morgan fingerprint density at radius 3 is 2.14 bits per heavy atom. The molecule has 0 radical (unpaired) electrons. The van der Waals surface area contributed by atoms with Gasteiger partial charge in [-0.05, 0) is 43.2 Å². The van der Waals surface area contributed by atoms with E-state index >= 15 is 0 Å². The molecule has 0 saturated carbocycles. The maximum absolute atomic E-state index is 10.4. The molecule has 150 valence electrons. The first-order valence-electron chi connectivity index (χ1n) is 9.30. The zero-order valence-corrected chi connectivity index (χ0v) is 17.4. The van der Waals surface area contributed by atoms with Crippen molar-refractivity contribution in [1.29, 1.82) is 0 Å². The normalized spacial score (nSPS) is 11.2. The lowest BCUT2D eigenvalue weighted by Crippen LogP contribution is -2.33. The number of rotatable bonds is 3. The van der Waals surface area contributed by atoms with Gasteiger partial charge >= 0.3 is 5.89 Å². The number of benzene rings is 3. The predicted molar refractivity (Wildman–Crippen MR) is 111 cm³/mol. The molecule has 0 amide bonds. The van der Waals surface area contributed by atoms with Gasteiger partial charge in [-0.3, -0.25) is 0 Å². The predicted octanol–water partition coefficient (Wildman–Crippen LogP) is 4.61. The van der Waals surface area contributed by atoms with Crippen LogP contribution in [0.2, 0.25) is 0 Å². The summed E-state index contributed by atoms with van der Waals surface area (Å²) in [6.07, 6.45) is 0. The highest BCUT2D eigenvalue weighted by Gasteiger charge is 2.17. The van der Waals surface area contributed by atoms with Crippen molar-refractivity contribution < 1.29 is 22.0 Å². The molecule has 29 heavy (non-hydrogen) atoms. The topological polar surface area (TPSA) is 74.2 Å². The summed E-state index contributed by atoms with van der Waals surface area (Å²) in [6, 6.07) is 22.6. The molecule has 0 N–H and O–H groups in total. The summed E-state index contributed by atoms with van der Waals surface area (Å²) in [5.74, 6) is 0.956. The molecule has 0 saturated heterocycles. The Balaban J connectivity index is 0.000000188. The van der Waals surface area contributed by atoms with Gasteiger partial charge in [-0.25, -0.2) is 8.42 Å². The van der Waals surface area contributed by atoms with Gasteiger partial charge in [0.2, 0.25) is 5.58 Å². The van der Waals surface area contributed by atoms with E-state index in [4.69, 9.17) is 4.42 Å². The van der Waals surface area contributed by atoms with Crippen LogP contribution in [0.15, 0.2) is 82.1 Å². The third-order valence-corrected chi connectivity index (χ3v) is 5.47. The van der Waals surface area contributed by atoms with Crippen molar-refractivity contribution in [2.24, 2.45) is 0 Å². The molecule has 1 aromatic heterocycles. The molecule has 0 aliphatic heterocycles. The van der Waals surface area contributed by atoms with E-state index in [9.17, 15) is 13.0 Å². The average Bonchev–Trinajstić information content (AvgIpc) is 3.03. The quantitative estimate of drug-likeness (QED) is 0.366. The fourth-order valence-corrected chi connectivity index (χ4v) is 3.58. The van der Waals surface area contributed by atoms with E-state index < -0.39 is 10.1 Å². The summed E-state index contributed by atoms with van der Waals surface area (Å²) >= 11 is 0. The van der Waals surface area contributed by atoms with Gasteiger partial charge in [0.15, 0.2) is 0 Å². The summed E-state index contributed by atoms with van der Waals surface area (Å²) in [4.78, 5) is -0.178. The Morgan fingerprint density at radius 2 is 1.55 bits per heavy atom. The van der Waals surface area contributed by atoms with E-state index in [2.05, 4.69) is 54.0 Å². The van der Waals surface area contributed by atoms with Crippen molar-refractivity contribution in [3.8, 4) is 11.1 Å². The van der Waals surface area contributed by atoms with Crippen molar-refractivity contribution in [3.05, 3.63) is 84.3 Å². The van der Waals surface area contributed by atoms with Crippen molar-refractivity contribution in [2.75, 3.05) is 0 Å². The van der Waals surface area contributed by atoms with E-state index in [-0.39, 0.29) is 4.90 Å². The van der Waals surface area contributed by atoms with E-state index in [1.807, 2.05) is 19.9 Å². The van der Waals surface area contributed by atoms with Crippen molar-refractivity contribution in [2.45, 2.75) is 32.2 Å². The molecule has 3 aromatic carbocycles. The minimum atomic E-state index is -4.27. The van der Waals surface area contributed by atoms with Crippen molar-refractivity contribution >= 4 is 21.2 Å². The van der Waals surface area contributed by atoms with Crippen LogP contribution in [0.5, 0.6) is 0 Å². The third kappa shape index (κ3) is 4.91. The third-order valence-electron chi connectivity index (χ3n) is 4.62. The van der Waals surface area contributed by atoms with Gasteiger partial charge in [-0.15, -0.1) is 0 Å². The van der Waals surface area contributed by atoms with Crippen molar-refractivity contribution in [1.82, 2.24) is 0 Å². The minimum Gasteiger partial charge on any atom is -0.744 e. The Bertz CT molecular complexity index is 1210. The molecule has 0 fully saturated rings. The van der Waals surface area contributed by atoms with Gasteiger partial charge in [0, 0.05) is 6.07 Å². The Kier molecular flexibility index (Phi) is 6.15. The van der Waals surface area contributed by atoms with Gasteiger partial charge in [-0.1, -0.05) is 54.1 Å². The second-order valence-corrected chi connectivity index (χ2v) is 8.06. The number of fused-ring (bicyclic) bond motifs is 1. The highest BCUT2D eigenvalue weighted by Crippen LogP contribution is 2.23. The largest absolute Gasteiger partial charge is 0.744 e. The van der Waals surface area contributed by atoms with Crippen LogP contribution in [-0.2, 0) is 16.7 Å². The lowest BCUT2D eigenvalue weighted by Gasteiger charge is -2.05. The fourth-order valence-electron chi connectivity index (χ4n) is 3.11. The Morgan fingerprint density at radius 1 is 0.897 bits per heavy atom. The molecule has 0 atom stereocenters. The van der Waals surface area contributed by atoms with Crippen LogP contribution in [0.25, 0.3) is 22.2 Å². The van der Waals surface area contributed by atoms with Crippen LogP contribution < -0.4 is 4.57 Å². The molecule has 4 aromatic rings. The second kappa shape index (κ2) is 8.59. The number of aryl methyl sites for hydroxylation is 3.